The molecule has 5 heterocycles. The minimum atomic E-state index is -0.190. The molecule has 3 aromatic heterocycles. The average molecular weight is 629 g/mol. The molecule has 0 aliphatic carbocycles. The maximum atomic E-state index is 14.1. The zero-order valence-corrected chi connectivity index (χ0v) is 27.0. The van der Waals surface area contributed by atoms with E-state index in [-0.39, 0.29) is 24.1 Å². The molecular weight excluding hydrogens is 588 g/mol. The molecule has 10 nitrogen and oxygen atoms in total. The van der Waals surface area contributed by atoms with E-state index in [4.69, 9.17) is 9.72 Å². The number of hydrogen-bond acceptors (Lipinski definition) is 8. The molecule has 5 aromatic rings. The van der Waals surface area contributed by atoms with Gasteiger partial charge in [0, 0.05) is 54.4 Å². The zero-order valence-electron chi connectivity index (χ0n) is 27.0. The minimum absolute atomic E-state index is 0.0547. The molecule has 0 amide bonds. The van der Waals surface area contributed by atoms with Crippen molar-refractivity contribution in [2.75, 3.05) is 51.7 Å². The molecule has 0 saturated carbocycles. The number of imidazole rings is 1. The van der Waals surface area contributed by atoms with E-state index < -0.39 is 0 Å². The number of pyridine rings is 1. The first-order valence-electron chi connectivity index (χ1n) is 16.4. The van der Waals surface area contributed by atoms with E-state index in [1.807, 2.05) is 59.3 Å². The number of fused-ring (bicyclic) bond motifs is 1. The summed E-state index contributed by atoms with van der Waals surface area (Å²) in [5, 5.41) is 4.07. The van der Waals surface area contributed by atoms with E-state index in [0.717, 1.165) is 80.3 Å². The van der Waals surface area contributed by atoms with Crippen LogP contribution in [0.4, 0.5) is 11.6 Å². The zero-order chi connectivity index (χ0) is 32.2. The van der Waals surface area contributed by atoms with Crippen LogP contribution in [-0.4, -0.2) is 80.3 Å². The first-order chi connectivity index (χ1) is 23.0. The number of piperidine rings is 1. The second kappa shape index (κ2) is 13.9. The number of nitrogens with zero attached hydrogens (tertiary/aromatic N) is 7. The predicted molar refractivity (Wildman–Crippen MR) is 184 cm³/mol. The van der Waals surface area contributed by atoms with Gasteiger partial charge in [-0.25, -0.2) is 9.97 Å². The summed E-state index contributed by atoms with van der Waals surface area (Å²) in [7, 11) is 2.11. The standard InChI is InChI=1S/C37H40N8O2/c1-3-43-18-15-27(16-19-43)9-10-29-23-30-24-39-37(40-31-13-11-28(12-14-31)33-25-42(2)21-22-47-33)41-35(30)45(36(29)46)26-34-38-17-20-44(34)32-7-5-4-6-8-32/h4-8,11-14,17,20,23-24,27,33H,3,15-16,18-19,21-22,25-26H2,1-2H3,(H,39,40,41). The fourth-order valence-electron chi connectivity index (χ4n) is 6.33. The highest BCUT2D eigenvalue weighted by Crippen LogP contribution is 2.25. The average Bonchev–Trinajstić information content (AvgIpc) is 3.58. The second-order valence-corrected chi connectivity index (χ2v) is 12.3. The van der Waals surface area contributed by atoms with Crippen LogP contribution in [0.2, 0.25) is 0 Å². The third-order valence-corrected chi connectivity index (χ3v) is 9.13. The topological polar surface area (TPSA) is 93.3 Å². The van der Waals surface area contributed by atoms with E-state index in [0.29, 0.717) is 17.2 Å². The lowest BCUT2D eigenvalue weighted by Gasteiger charge is -2.30. The maximum absolute atomic E-state index is 14.1. The number of likely N-dealkylation sites (tertiary alicyclic amines) is 1. The van der Waals surface area contributed by atoms with Crippen molar-refractivity contribution in [2.24, 2.45) is 5.92 Å². The molecule has 2 fully saturated rings. The molecule has 2 aliphatic rings. The summed E-state index contributed by atoms with van der Waals surface area (Å²) >= 11 is 0. The highest BCUT2D eigenvalue weighted by molar-refractivity contribution is 5.77. The van der Waals surface area contributed by atoms with Crippen molar-refractivity contribution in [2.45, 2.75) is 32.4 Å². The van der Waals surface area contributed by atoms with Crippen LogP contribution < -0.4 is 10.9 Å². The Balaban J connectivity index is 1.22. The van der Waals surface area contributed by atoms with Gasteiger partial charge in [0.15, 0.2) is 0 Å². The minimum Gasteiger partial charge on any atom is -0.371 e. The molecule has 0 spiro atoms. The van der Waals surface area contributed by atoms with Crippen LogP contribution in [0.3, 0.4) is 0 Å². The number of aromatic nitrogens is 5. The quantitative estimate of drug-likeness (QED) is 0.256. The van der Waals surface area contributed by atoms with Crippen molar-refractivity contribution in [3.05, 3.63) is 107 Å². The molecular formula is C37H40N8O2. The molecule has 2 saturated heterocycles. The molecule has 0 radical (unpaired) electrons. The molecule has 2 aliphatic heterocycles. The normalized spacial score (nSPS) is 17.8. The van der Waals surface area contributed by atoms with Crippen LogP contribution in [0.1, 0.15) is 42.8 Å². The molecule has 0 bridgehead atoms. The predicted octanol–water partition coefficient (Wildman–Crippen LogP) is 4.86. The molecule has 2 aromatic carbocycles. The Labute approximate surface area is 275 Å². The summed E-state index contributed by atoms with van der Waals surface area (Å²) in [4.78, 5) is 33.0. The molecule has 10 heteroatoms. The molecule has 1 N–H and O–H groups in total. The lowest BCUT2D eigenvalue weighted by molar-refractivity contribution is -0.0208. The van der Waals surface area contributed by atoms with Crippen LogP contribution in [0.25, 0.3) is 16.7 Å². The van der Waals surface area contributed by atoms with Crippen molar-refractivity contribution in [1.82, 2.24) is 33.9 Å². The van der Waals surface area contributed by atoms with Gasteiger partial charge in [0.2, 0.25) is 5.95 Å². The SMILES string of the molecule is CCN1CCC(C#Cc2cc3cnc(Nc4ccc(C5CN(C)CCO5)cc4)nc3n(Cc3nccn3-c3ccccc3)c2=O)CC1. The Bertz CT molecular complexity index is 1950. The Morgan fingerprint density at radius 3 is 2.60 bits per heavy atom. The summed E-state index contributed by atoms with van der Waals surface area (Å²) in [6.07, 6.45) is 7.51. The number of likely N-dealkylation sites (N-methyl/N-ethyl adjacent to an activating group) is 1. The highest BCUT2D eigenvalue weighted by Gasteiger charge is 2.20. The smallest absolute Gasteiger partial charge is 0.268 e. The summed E-state index contributed by atoms with van der Waals surface area (Å²) < 4.78 is 9.65. The van der Waals surface area contributed by atoms with Gasteiger partial charge in [-0.1, -0.05) is 49.1 Å². The number of benzene rings is 2. The first-order valence-corrected chi connectivity index (χ1v) is 16.4. The van der Waals surface area contributed by atoms with E-state index in [9.17, 15) is 4.79 Å². The molecule has 47 heavy (non-hydrogen) atoms. The van der Waals surface area contributed by atoms with Crippen molar-refractivity contribution in [1.29, 1.82) is 0 Å². The van der Waals surface area contributed by atoms with Gasteiger partial charge in [-0.2, -0.15) is 4.98 Å². The van der Waals surface area contributed by atoms with Gasteiger partial charge < -0.3 is 24.4 Å². The fraction of sp³-hybridized carbons (Fsp3) is 0.351. The van der Waals surface area contributed by atoms with Crippen LogP contribution in [0, 0.1) is 17.8 Å². The summed E-state index contributed by atoms with van der Waals surface area (Å²) in [6, 6.07) is 20.0. The van der Waals surface area contributed by atoms with Gasteiger partial charge in [-0.15, -0.1) is 0 Å². The van der Waals surface area contributed by atoms with Crippen molar-refractivity contribution >= 4 is 22.7 Å². The van der Waals surface area contributed by atoms with E-state index in [2.05, 4.69) is 63.0 Å². The van der Waals surface area contributed by atoms with Gasteiger partial charge in [0.25, 0.3) is 5.56 Å². The van der Waals surface area contributed by atoms with Gasteiger partial charge in [-0.05, 0) is 75.4 Å². The maximum Gasteiger partial charge on any atom is 0.268 e. The van der Waals surface area contributed by atoms with Crippen molar-refractivity contribution < 1.29 is 4.74 Å². The van der Waals surface area contributed by atoms with E-state index in [1.54, 1.807) is 17.0 Å². The van der Waals surface area contributed by atoms with Crippen LogP contribution in [0.5, 0.6) is 0 Å². The third-order valence-electron chi connectivity index (χ3n) is 9.13. The first kappa shape index (κ1) is 30.8. The molecule has 1 atom stereocenters. The van der Waals surface area contributed by atoms with Gasteiger partial charge in [0.1, 0.15) is 11.5 Å². The lowest BCUT2D eigenvalue weighted by atomic mass is 9.97. The number of morpholine rings is 1. The van der Waals surface area contributed by atoms with Crippen molar-refractivity contribution in [3.8, 4) is 17.5 Å². The Kier molecular flexibility index (Phi) is 9.11. The number of ether oxygens (including phenoxy) is 1. The lowest BCUT2D eigenvalue weighted by Crippen LogP contribution is -2.35. The second-order valence-electron chi connectivity index (χ2n) is 12.3. The van der Waals surface area contributed by atoms with Gasteiger partial charge >= 0.3 is 0 Å². The summed E-state index contributed by atoms with van der Waals surface area (Å²) in [5.74, 6) is 8.06. The number of anilines is 2. The van der Waals surface area contributed by atoms with Crippen LogP contribution >= 0.6 is 0 Å². The molecule has 7 rings (SSSR count). The Morgan fingerprint density at radius 2 is 1.83 bits per heavy atom. The monoisotopic (exact) mass is 628 g/mol. The van der Waals surface area contributed by atoms with Gasteiger partial charge in [0.05, 0.1) is 24.8 Å². The molecule has 240 valence electrons. The van der Waals surface area contributed by atoms with Gasteiger partial charge in [-0.3, -0.25) is 9.36 Å². The van der Waals surface area contributed by atoms with E-state index in [1.165, 1.54) is 0 Å². The highest BCUT2D eigenvalue weighted by atomic mass is 16.5. The largest absolute Gasteiger partial charge is 0.371 e. The number of hydrogen-bond donors (Lipinski definition) is 1. The number of para-hydroxylation sites is 1. The summed E-state index contributed by atoms with van der Waals surface area (Å²) in [6.45, 7) is 8.09. The fourth-order valence-corrected chi connectivity index (χ4v) is 6.33. The van der Waals surface area contributed by atoms with Crippen molar-refractivity contribution in [3.63, 3.8) is 0 Å². The Hall–Kier alpha value is -4.82. The third kappa shape index (κ3) is 6.98. The summed E-state index contributed by atoms with van der Waals surface area (Å²) in [5.41, 5.74) is 3.73. The Morgan fingerprint density at radius 1 is 1.02 bits per heavy atom. The number of nitrogens with one attached hydrogen (secondary N) is 1. The molecule has 1 unspecified atom stereocenters. The van der Waals surface area contributed by atoms with Crippen LogP contribution in [-0.2, 0) is 11.3 Å². The van der Waals surface area contributed by atoms with E-state index >= 15 is 0 Å². The number of rotatable bonds is 7. The van der Waals surface area contributed by atoms with Crippen LogP contribution in [0.15, 0.2) is 84.0 Å².